The molecule has 1 aliphatic rings. The van der Waals surface area contributed by atoms with Crippen LogP contribution in [0.1, 0.15) is 44.1 Å². The second-order valence-electron chi connectivity index (χ2n) is 4.69. The van der Waals surface area contributed by atoms with E-state index in [2.05, 4.69) is 65.9 Å². The van der Waals surface area contributed by atoms with Crippen molar-refractivity contribution in [3.8, 4) is 0 Å². The Morgan fingerprint density at radius 3 is 2.25 bits per heavy atom. The first-order valence-corrected chi connectivity index (χ1v) is 7.25. The Balaban J connectivity index is 1.96. The van der Waals surface area contributed by atoms with Gasteiger partial charge in [0.2, 0.25) is 0 Å². The Morgan fingerprint density at radius 1 is 1.06 bits per heavy atom. The second kappa shape index (κ2) is 5.85. The van der Waals surface area contributed by atoms with E-state index in [0.717, 1.165) is 11.8 Å². The molecule has 1 fully saturated rings. The van der Waals surface area contributed by atoms with E-state index in [0.29, 0.717) is 0 Å². The molecule has 1 saturated carbocycles. The molecule has 16 heavy (non-hydrogen) atoms. The Morgan fingerprint density at radius 2 is 1.69 bits per heavy atom. The molecule has 1 aromatic rings. The van der Waals surface area contributed by atoms with Crippen LogP contribution in [0, 0.1) is 9.49 Å². The lowest BCUT2D eigenvalue weighted by atomic mass is 9.79. The van der Waals surface area contributed by atoms with E-state index < -0.39 is 0 Å². The van der Waals surface area contributed by atoms with E-state index in [1.807, 2.05) is 0 Å². The zero-order valence-corrected chi connectivity index (χ0v) is 12.0. The van der Waals surface area contributed by atoms with Gasteiger partial charge in [-0.05, 0) is 84.7 Å². The van der Waals surface area contributed by atoms with Crippen molar-refractivity contribution in [2.24, 2.45) is 5.92 Å². The molecule has 0 spiro atoms. The highest BCUT2D eigenvalue weighted by molar-refractivity contribution is 14.1. The smallest absolute Gasteiger partial charge is 0.0130 e. The Hall–Kier alpha value is -0.310. The van der Waals surface area contributed by atoms with Gasteiger partial charge < -0.3 is 0 Å². The summed E-state index contributed by atoms with van der Waals surface area (Å²) in [7, 11) is 0. The SMILES string of the molecule is C/C=C/C1CCC(c2ccc(I)cc2)CC1. The molecule has 0 aromatic heterocycles. The van der Waals surface area contributed by atoms with Gasteiger partial charge in [0, 0.05) is 3.57 Å². The van der Waals surface area contributed by atoms with Gasteiger partial charge in [-0.2, -0.15) is 0 Å². The van der Waals surface area contributed by atoms with Gasteiger partial charge in [-0.25, -0.2) is 0 Å². The first-order valence-electron chi connectivity index (χ1n) is 6.18. The molecule has 0 bridgehead atoms. The molecular weight excluding hydrogens is 307 g/mol. The molecular formula is C15H19I. The third-order valence-electron chi connectivity index (χ3n) is 3.58. The van der Waals surface area contributed by atoms with E-state index in [4.69, 9.17) is 0 Å². The summed E-state index contributed by atoms with van der Waals surface area (Å²) in [5.74, 6) is 1.64. The normalized spacial score (nSPS) is 26.1. The fourth-order valence-corrected chi connectivity index (χ4v) is 3.01. The highest BCUT2D eigenvalue weighted by Gasteiger charge is 2.20. The molecule has 2 rings (SSSR count). The zero-order valence-electron chi connectivity index (χ0n) is 9.83. The summed E-state index contributed by atoms with van der Waals surface area (Å²) >= 11 is 2.37. The Bertz CT molecular complexity index is 342. The fraction of sp³-hybridized carbons (Fsp3) is 0.467. The molecule has 0 saturated heterocycles. The van der Waals surface area contributed by atoms with Crippen molar-refractivity contribution in [3.05, 3.63) is 45.6 Å². The van der Waals surface area contributed by atoms with Crippen LogP contribution in [0.3, 0.4) is 0 Å². The van der Waals surface area contributed by atoms with Gasteiger partial charge in [-0.3, -0.25) is 0 Å². The molecule has 0 amide bonds. The van der Waals surface area contributed by atoms with Crippen LogP contribution in [0.5, 0.6) is 0 Å². The van der Waals surface area contributed by atoms with Gasteiger partial charge in [0.1, 0.15) is 0 Å². The van der Waals surface area contributed by atoms with Gasteiger partial charge in [0.25, 0.3) is 0 Å². The van der Waals surface area contributed by atoms with Gasteiger partial charge in [-0.15, -0.1) is 0 Å². The molecule has 0 atom stereocenters. The maximum absolute atomic E-state index is 2.38. The van der Waals surface area contributed by atoms with E-state index in [-0.39, 0.29) is 0 Å². The predicted octanol–water partition coefficient (Wildman–Crippen LogP) is 5.14. The van der Waals surface area contributed by atoms with Crippen molar-refractivity contribution in [1.29, 1.82) is 0 Å². The van der Waals surface area contributed by atoms with Gasteiger partial charge in [-0.1, -0.05) is 24.3 Å². The lowest BCUT2D eigenvalue weighted by Crippen LogP contribution is -2.11. The van der Waals surface area contributed by atoms with Crippen molar-refractivity contribution in [1.82, 2.24) is 0 Å². The summed E-state index contributed by atoms with van der Waals surface area (Å²) in [6.07, 6.45) is 10.0. The average molecular weight is 326 g/mol. The minimum atomic E-state index is 0.804. The van der Waals surface area contributed by atoms with E-state index in [1.165, 1.54) is 29.3 Å². The second-order valence-corrected chi connectivity index (χ2v) is 5.93. The van der Waals surface area contributed by atoms with Crippen LogP contribution in [0.2, 0.25) is 0 Å². The molecule has 0 heterocycles. The van der Waals surface area contributed by atoms with Crippen LogP contribution < -0.4 is 0 Å². The van der Waals surface area contributed by atoms with E-state index >= 15 is 0 Å². The first kappa shape index (κ1) is 12.2. The summed E-state index contributed by atoms with van der Waals surface area (Å²) in [4.78, 5) is 0. The number of rotatable bonds is 2. The van der Waals surface area contributed by atoms with Crippen molar-refractivity contribution in [3.63, 3.8) is 0 Å². The number of hydrogen-bond acceptors (Lipinski definition) is 0. The summed E-state index contributed by atoms with van der Waals surface area (Å²) in [6.45, 7) is 2.13. The molecule has 0 aliphatic heterocycles. The topological polar surface area (TPSA) is 0 Å². The van der Waals surface area contributed by atoms with Crippen LogP contribution in [-0.2, 0) is 0 Å². The van der Waals surface area contributed by atoms with Crippen molar-refractivity contribution in [2.45, 2.75) is 38.5 Å². The predicted molar refractivity (Wildman–Crippen MR) is 78.7 cm³/mol. The highest BCUT2D eigenvalue weighted by atomic mass is 127. The largest absolute Gasteiger partial charge is 0.0914 e. The highest BCUT2D eigenvalue weighted by Crippen LogP contribution is 2.36. The zero-order chi connectivity index (χ0) is 11.4. The molecule has 0 N–H and O–H groups in total. The van der Waals surface area contributed by atoms with E-state index in [1.54, 1.807) is 5.56 Å². The molecule has 1 aromatic carbocycles. The number of hydrogen-bond donors (Lipinski definition) is 0. The molecule has 1 aliphatic carbocycles. The van der Waals surface area contributed by atoms with Crippen molar-refractivity contribution in [2.75, 3.05) is 0 Å². The monoisotopic (exact) mass is 326 g/mol. The lowest BCUT2D eigenvalue weighted by Gasteiger charge is -2.27. The molecule has 0 nitrogen and oxygen atoms in total. The van der Waals surface area contributed by atoms with Gasteiger partial charge in [0.15, 0.2) is 0 Å². The number of benzene rings is 1. The Kier molecular flexibility index (Phi) is 4.45. The molecule has 0 unspecified atom stereocenters. The van der Waals surface area contributed by atoms with Crippen molar-refractivity contribution >= 4 is 22.6 Å². The summed E-state index contributed by atoms with van der Waals surface area (Å²) in [5, 5.41) is 0. The minimum Gasteiger partial charge on any atom is -0.0914 e. The third-order valence-corrected chi connectivity index (χ3v) is 4.30. The molecule has 86 valence electrons. The maximum atomic E-state index is 2.38. The van der Waals surface area contributed by atoms with Crippen LogP contribution in [0.4, 0.5) is 0 Å². The quantitative estimate of drug-likeness (QED) is 0.521. The lowest BCUT2D eigenvalue weighted by molar-refractivity contribution is 0.375. The molecule has 1 heteroatoms. The minimum absolute atomic E-state index is 0.804. The molecule has 0 radical (unpaired) electrons. The first-order chi connectivity index (χ1) is 7.79. The van der Waals surface area contributed by atoms with Crippen LogP contribution >= 0.6 is 22.6 Å². The average Bonchev–Trinajstić information content (AvgIpc) is 2.32. The summed E-state index contributed by atoms with van der Waals surface area (Å²) < 4.78 is 1.34. The Labute approximate surface area is 112 Å². The third kappa shape index (κ3) is 3.09. The summed E-state index contributed by atoms with van der Waals surface area (Å²) in [6, 6.07) is 9.08. The van der Waals surface area contributed by atoms with E-state index in [9.17, 15) is 0 Å². The van der Waals surface area contributed by atoms with Gasteiger partial charge >= 0.3 is 0 Å². The van der Waals surface area contributed by atoms with Crippen LogP contribution in [0.25, 0.3) is 0 Å². The van der Waals surface area contributed by atoms with Crippen LogP contribution in [-0.4, -0.2) is 0 Å². The number of allylic oxidation sites excluding steroid dienone is 2. The maximum Gasteiger partial charge on any atom is 0.0130 e. The van der Waals surface area contributed by atoms with Crippen molar-refractivity contribution < 1.29 is 0 Å². The standard InChI is InChI=1S/C15H19I/c1-2-3-12-4-6-13(7-5-12)14-8-10-15(16)11-9-14/h2-3,8-13H,4-7H2,1H3/b3-2+. The fourth-order valence-electron chi connectivity index (χ4n) is 2.65. The summed E-state index contributed by atoms with van der Waals surface area (Å²) in [5.41, 5.74) is 1.54. The van der Waals surface area contributed by atoms with Gasteiger partial charge in [0.05, 0.1) is 0 Å². The van der Waals surface area contributed by atoms with Crippen LogP contribution in [0.15, 0.2) is 36.4 Å². The number of halogens is 1.